The third-order valence-corrected chi connectivity index (χ3v) is 6.79. The van der Waals surface area contributed by atoms with E-state index in [4.69, 9.17) is 9.72 Å². The minimum Gasteiger partial charge on any atom is -0.491 e. The maximum Gasteiger partial charge on any atom is 0.351 e. The molecule has 0 saturated carbocycles. The first-order valence-electron chi connectivity index (χ1n) is 13.5. The zero-order valence-electron chi connectivity index (χ0n) is 23.5. The monoisotopic (exact) mass is 561 g/mol. The molecule has 3 heterocycles. The minimum absolute atomic E-state index is 0.0250. The van der Waals surface area contributed by atoms with Gasteiger partial charge in [-0.05, 0) is 63.7 Å². The first kappa shape index (κ1) is 27.8. The van der Waals surface area contributed by atoms with Crippen molar-refractivity contribution in [3.63, 3.8) is 0 Å². The van der Waals surface area contributed by atoms with Gasteiger partial charge < -0.3 is 25.2 Å². The Balaban J connectivity index is 1.54. The van der Waals surface area contributed by atoms with E-state index < -0.39 is 11.7 Å². The number of H-pyrrole nitrogens is 2. The van der Waals surface area contributed by atoms with E-state index in [-0.39, 0.29) is 17.2 Å². The van der Waals surface area contributed by atoms with Crippen LogP contribution in [0.1, 0.15) is 29.3 Å². The van der Waals surface area contributed by atoms with Gasteiger partial charge in [0.15, 0.2) is 5.75 Å². The number of carbonyl (C=O) groups is 2. The number of hydrogen-bond acceptors (Lipinski definition) is 7. The van der Waals surface area contributed by atoms with Crippen LogP contribution in [0.4, 0.5) is 33.2 Å². The van der Waals surface area contributed by atoms with Gasteiger partial charge in [0, 0.05) is 25.9 Å². The number of halogens is 1. The Morgan fingerprint density at radius 1 is 1.20 bits per heavy atom. The summed E-state index contributed by atoms with van der Waals surface area (Å²) >= 11 is 0. The number of rotatable bonds is 9. The van der Waals surface area contributed by atoms with Crippen molar-refractivity contribution >= 4 is 51.7 Å². The summed E-state index contributed by atoms with van der Waals surface area (Å²) in [6.07, 6.45) is 3.47. The highest BCUT2D eigenvalue weighted by Gasteiger charge is 2.27. The van der Waals surface area contributed by atoms with Crippen LogP contribution < -0.4 is 30.6 Å². The van der Waals surface area contributed by atoms with Gasteiger partial charge in [0.1, 0.15) is 11.5 Å². The fourth-order valence-electron chi connectivity index (χ4n) is 4.98. The van der Waals surface area contributed by atoms with Crippen molar-refractivity contribution in [3.8, 4) is 5.75 Å². The summed E-state index contributed by atoms with van der Waals surface area (Å²) in [5, 5.41) is 9.64. The Labute approximate surface area is 237 Å². The maximum absolute atomic E-state index is 14.6. The molecule has 11 nitrogen and oxygen atoms in total. The van der Waals surface area contributed by atoms with E-state index >= 15 is 0 Å². The molecule has 0 fully saturated rings. The Morgan fingerprint density at radius 2 is 2.02 bits per heavy atom. The van der Waals surface area contributed by atoms with Crippen molar-refractivity contribution in [1.82, 2.24) is 20.2 Å². The van der Waals surface area contributed by atoms with E-state index in [1.54, 1.807) is 12.3 Å². The van der Waals surface area contributed by atoms with Crippen LogP contribution in [0, 0.1) is 5.82 Å². The van der Waals surface area contributed by atoms with Crippen LogP contribution in [0.3, 0.4) is 0 Å². The molecule has 1 aliphatic heterocycles. The predicted molar refractivity (Wildman–Crippen MR) is 156 cm³/mol. The summed E-state index contributed by atoms with van der Waals surface area (Å²) in [4.78, 5) is 40.3. The lowest BCUT2D eigenvalue weighted by molar-refractivity contribution is -0.333. The summed E-state index contributed by atoms with van der Waals surface area (Å²) in [6, 6.07) is 10.1. The van der Waals surface area contributed by atoms with Crippen LogP contribution in [0.2, 0.25) is 0 Å². The number of nitrogens with one attached hydrogen (secondary N) is 5. The zero-order chi connectivity index (χ0) is 29.1. The maximum atomic E-state index is 14.6. The van der Waals surface area contributed by atoms with E-state index in [9.17, 15) is 14.0 Å². The molecule has 0 radical (unpaired) electrons. The summed E-state index contributed by atoms with van der Waals surface area (Å²) in [5.41, 5.74) is 3.33. The molecule has 0 spiro atoms. The molecule has 1 aliphatic rings. The molecular formula is C29H34FN8O3+. The Bertz CT molecular complexity index is 1600. The standard InChI is InChI=1S/C29H33FN8O3/c1-5-41-23-14-17-8-7-13-38(24(39)16-37(3)4)22(17)15-21(23)34-29-35-26-18(11-12-32-26)27(36-29)33-20-10-6-9-19(30)25(20)28(40)31-2/h6,9-12,14-15H,5,7-8,13,16H2,1-4H3,(H,31,40)(H3,32,33,34,35,36)/p+1. The fourth-order valence-corrected chi connectivity index (χ4v) is 4.98. The van der Waals surface area contributed by atoms with Crippen molar-refractivity contribution in [2.24, 2.45) is 0 Å². The molecule has 0 bridgehead atoms. The van der Waals surface area contributed by atoms with Gasteiger partial charge in [-0.2, -0.15) is 0 Å². The second-order valence-corrected chi connectivity index (χ2v) is 9.99. The van der Waals surface area contributed by atoms with E-state index in [0.29, 0.717) is 53.9 Å². The summed E-state index contributed by atoms with van der Waals surface area (Å²) in [7, 11) is 5.20. The number of anilines is 5. The van der Waals surface area contributed by atoms with Crippen LogP contribution in [0.25, 0.3) is 11.0 Å². The molecule has 2 amide bonds. The highest BCUT2D eigenvalue weighted by molar-refractivity contribution is 6.01. The Kier molecular flexibility index (Phi) is 8.02. The average molecular weight is 562 g/mol. The normalized spacial score (nSPS) is 12.8. The molecule has 0 unspecified atom stereocenters. The number of fused-ring (bicyclic) bond motifs is 2. The molecule has 5 rings (SSSR count). The lowest BCUT2D eigenvalue weighted by Crippen LogP contribution is -2.40. The molecule has 12 heteroatoms. The van der Waals surface area contributed by atoms with Gasteiger partial charge in [-0.15, -0.1) is 0 Å². The van der Waals surface area contributed by atoms with Gasteiger partial charge in [-0.1, -0.05) is 11.1 Å². The van der Waals surface area contributed by atoms with Crippen molar-refractivity contribution in [2.75, 3.05) is 56.4 Å². The third kappa shape index (κ3) is 5.78. The topological polar surface area (TPSA) is 129 Å². The number of hydrogen-bond donors (Lipinski definition) is 4. The van der Waals surface area contributed by atoms with E-state index in [1.165, 1.54) is 19.2 Å². The number of likely N-dealkylation sites (N-methyl/N-ethyl adjacent to an activating group) is 1. The van der Waals surface area contributed by atoms with Gasteiger partial charge in [0.05, 0.1) is 35.5 Å². The number of carbonyl (C=O) groups excluding carboxylic acids is 2. The molecule has 2 aromatic heterocycles. The van der Waals surface area contributed by atoms with Gasteiger partial charge in [0.25, 0.3) is 5.91 Å². The highest BCUT2D eigenvalue weighted by Crippen LogP contribution is 2.38. The molecule has 41 heavy (non-hydrogen) atoms. The van der Waals surface area contributed by atoms with E-state index in [0.717, 1.165) is 24.1 Å². The van der Waals surface area contributed by atoms with Gasteiger partial charge >= 0.3 is 5.95 Å². The van der Waals surface area contributed by atoms with Crippen molar-refractivity contribution in [1.29, 1.82) is 0 Å². The number of nitrogens with zero attached hydrogens (tertiary/aromatic N) is 3. The lowest BCUT2D eigenvalue weighted by atomic mass is 10.00. The van der Waals surface area contributed by atoms with E-state index in [2.05, 4.69) is 25.9 Å². The van der Waals surface area contributed by atoms with Gasteiger partial charge in [0.2, 0.25) is 17.4 Å². The molecule has 0 saturated heterocycles. The highest BCUT2D eigenvalue weighted by atomic mass is 19.1. The van der Waals surface area contributed by atoms with Crippen molar-refractivity contribution in [2.45, 2.75) is 19.8 Å². The molecule has 0 aliphatic carbocycles. The lowest BCUT2D eigenvalue weighted by Gasteiger charge is -2.31. The number of ether oxygens (including phenoxy) is 1. The summed E-state index contributed by atoms with van der Waals surface area (Å²) < 4.78 is 20.6. The summed E-state index contributed by atoms with van der Waals surface area (Å²) in [6.45, 7) is 3.32. The number of amides is 2. The predicted octanol–water partition coefficient (Wildman–Crippen LogP) is 3.60. The van der Waals surface area contributed by atoms with Crippen LogP contribution in [0.5, 0.6) is 5.75 Å². The van der Waals surface area contributed by atoms with Crippen LogP contribution in [-0.4, -0.2) is 67.5 Å². The second kappa shape index (κ2) is 11.8. The molecule has 5 N–H and O–H groups in total. The van der Waals surface area contributed by atoms with Crippen molar-refractivity contribution in [3.05, 3.63) is 59.5 Å². The first-order chi connectivity index (χ1) is 19.8. The minimum atomic E-state index is -0.649. The van der Waals surface area contributed by atoms with Crippen LogP contribution in [-0.2, 0) is 11.2 Å². The zero-order valence-corrected chi connectivity index (χ0v) is 23.5. The average Bonchev–Trinajstić information content (AvgIpc) is 3.41. The van der Waals surface area contributed by atoms with Gasteiger partial charge in [-0.25, -0.2) is 9.37 Å². The molecule has 0 atom stereocenters. The van der Waals surface area contributed by atoms with Crippen molar-refractivity contribution < 1.29 is 23.7 Å². The first-order valence-corrected chi connectivity index (χ1v) is 13.5. The molecule has 214 valence electrons. The number of benzene rings is 2. The summed E-state index contributed by atoms with van der Waals surface area (Å²) in [5.74, 6) is 0.221. The number of aromatic amines is 2. The second-order valence-electron chi connectivity index (χ2n) is 9.99. The fraction of sp³-hybridized carbons (Fsp3) is 0.310. The molecule has 4 aromatic rings. The smallest absolute Gasteiger partial charge is 0.351 e. The van der Waals surface area contributed by atoms with Gasteiger partial charge in [-0.3, -0.25) is 19.9 Å². The van der Waals surface area contributed by atoms with Crippen LogP contribution in [0.15, 0.2) is 42.6 Å². The molecule has 2 aromatic carbocycles. The number of aromatic nitrogens is 3. The number of aryl methyl sites for hydroxylation is 1. The third-order valence-electron chi connectivity index (χ3n) is 6.79. The largest absolute Gasteiger partial charge is 0.491 e. The van der Waals surface area contributed by atoms with Crippen LogP contribution >= 0.6 is 0 Å². The molecular weight excluding hydrogens is 527 g/mol. The van der Waals surface area contributed by atoms with E-state index in [1.807, 2.05) is 49.0 Å². The Hall–Kier alpha value is -4.71. The quantitative estimate of drug-likeness (QED) is 0.246. The Morgan fingerprint density at radius 3 is 2.78 bits per heavy atom. The SMILES string of the molecule is CCOc1cc2c(cc1Nc1nc(Nc3cccc(F)c3C(=O)NC)c3cc[nH]c3[nH+]1)N(C(=O)CN(C)C)CCC2.